The molecule has 0 rings (SSSR count). The smallest absolute Gasteiger partial charge is 0.0354 e. The molecule has 0 aliphatic carbocycles. The third-order valence-electron chi connectivity index (χ3n) is 3.88. The third-order valence-corrected chi connectivity index (χ3v) is 3.88. The average Bonchev–Trinajstić information content (AvgIpc) is 2.16. The van der Waals surface area contributed by atoms with Crippen LogP contribution in [-0.2, 0) is 0 Å². The second-order valence-electron chi connectivity index (χ2n) is 5.66. The molecular formula is C14H30. The summed E-state index contributed by atoms with van der Waals surface area (Å²) in [6.07, 6.45) is 6.81. The van der Waals surface area contributed by atoms with E-state index in [4.69, 9.17) is 0 Å². The zero-order chi connectivity index (χ0) is 11.2. The molecule has 0 aliphatic heterocycles. The van der Waals surface area contributed by atoms with E-state index >= 15 is 0 Å². The van der Waals surface area contributed by atoms with Crippen LogP contribution in [0, 0.1) is 17.3 Å². The van der Waals surface area contributed by atoms with Crippen molar-refractivity contribution >= 4 is 0 Å². The van der Waals surface area contributed by atoms with Crippen molar-refractivity contribution < 1.29 is 0 Å². The van der Waals surface area contributed by atoms with Crippen LogP contribution in [0.4, 0.5) is 0 Å². The van der Waals surface area contributed by atoms with Crippen molar-refractivity contribution in [3.63, 3.8) is 0 Å². The fourth-order valence-corrected chi connectivity index (χ4v) is 2.15. The van der Waals surface area contributed by atoms with Crippen LogP contribution in [-0.4, -0.2) is 0 Å². The zero-order valence-corrected chi connectivity index (χ0v) is 11.2. The summed E-state index contributed by atoms with van der Waals surface area (Å²) >= 11 is 0. The monoisotopic (exact) mass is 198 g/mol. The fraction of sp³-hybridized carbons (Fsp3) is 1.00. The molecule has 0 aromatic carbocycles. The predicted octanol–water partition coefficient (Wildman–Crippen LogP) is 5.28. The van der Waals surface area contributed by atoms with Crippen LogP contribution in [0.3, 0.4) is 0 Å². The third kappa shape index (κ3) is 5.02. The largest absolute Gasteiger partial charge is 0.0654 e. The molecule has 0 spiro atoms. The van der Waals surface area contributed by atoms with Crippen LogP contribution < -0.4 is 0 Å². The van der Waals surface area contributed by atoms with Crippen LogP contribution in [0.2, 0.25) is 0 Å². The molecule has 0 saturated carbocycles. The molecule has 86 valence electrons. The molecule has 0 heterocycles. The molecular weight excluding hydrogens is 168 g/mol. The van der Waals surface area contributed by atoms with Crippen molar-refractivity contribution in [2.75, 3.05) is 0 Å². The van der Waals surface area contributed by atoms with Gasteiger partial charge in [0.25, 0.3) is 0 Å². The van der Waals surface area contributed by atoms with Crippen LogP contribution in [0.1, 0.15) is 73.6 Å². The minimum Gasteiger partial charge on any atom is -0.0654 e. The van der Waals surface area contributed by atoms with Crippen molar-refractivity contribution in [2.45, 2.75) is 73.6 Å². The van der Waals surface area contributed by atoms with Gasteiger partial charge in [-0.25, -0.2) is 0 Å². The molecule has 2 atom stereocenters. The Labute approximate surface area is 91.5 Å². The molecule has 0 aromatic rings. The maximum absolute atomic E-state index is 2.42. The van der Waals surface area contributed by atoms with E-state index in [0.29, 0.717) is 5.41 Å². The van der Waals surface area contributed by atoms with Gasteiger partial charge in [0.05, 0.1) is 0 Å². The lowest BCUT2D eigenvalue weighted by molar-refractivity contribution is 0.195. The van der Waals surface area contributed by atoms with Gasteiger partial charge in [-0.3, -0.25) is 0 Å². The number of hydrogen-bond acceptors (Lipinski definition) is 0. The minimum atomic E-state index is 0.545. The average molecular weight is 198 g/mol. The van der Waals surface area contributed by atoms with E-state index in [1.165, 1.54) is 32.1 Å². The molecule has 0 fully saturated rings. The summed E-state index contributed by atoms with van der Waals surface area (Å²) < 4.78 is 0. The van der Waals surface area contributed by atoms with Gasteiger partial charge in [-0.15, -0.1) is 0 Å². The van der Waals surface area contributed by atoms with Crippen LogP contribution in [0.25, 0.3) is 0 Å². The Kier molecular flexibility index (Phi) is 6.48. The van der Waals surface area contributed by atoms with Gasteiger partial charge in [-0.1, -0.05) is 67.2 Å². The van der Waals surface area contributed by atoms with Crippen LogP contribution in [0.5, 0.6) is 0 Å². The first-order chi connectivity index (χ1) is 6.46. The maximum atomic E-state index is 2.42. The molecule has 0 aromatic heterocycles. The molecule has 2 unspecified atom stereocenters. The minimum absolute atomic E-state index is 0.545. The van der Waals surface area contributed by atoms with Gasteiger partial charge in [0, 0.05) is 0 Å². The zero-order valence-electron chi connectivity index (χ0n) is 11.2. The van der Waals surface area contributed by atoms with Crippen LogP contribution >= 0.6 is 0 Å². The Morgan fingerprint density at radius 3 is 2.00 bits per heavy atom. The molecule has 0 bridgehead atoms. The lowest BCUT2D eigenvalue weighted by Crippen LogP contribution is -2.20. The molecule has 0 N–H and O–H groups in total. The van der Waals surface area contributed by atoms with E-state index in [0.717, 1.165) is 11.8 Å². The van der Waals surface area contributed by atoms with E-state index in [2.05, 4.69) is 41.5 Å². The maximum Gasteiger partial charge on any atom is -0.0354 e. The second kappa shape index (κ2) is 6.48. The highest BCUT2D eigenvalue weighted by atomic mass is 14.3. The highest BCUT2D eigenvalue weighted by molar-refractivity contribution is 4.75. The summed E-state index contributed by atoms with van der Waals surface area (Å²) in [4.78, 5) is 0. The van der Waals surface area contributed by atoms with Gasteiger partial charge >= 0.3 is 0 Å². The lowest BCUT2D eigenvalue weighted by Gasteiger charge is -2.32. The predicted molar refractivity (Wildman–Crippen MR) is 66.5 cm³/mol. The molecule has 0 heteroatoms. The van der Waals surface area contributed by atoms with Gasteiger partial charge in [0.15, 0.2) is 0 Å². The summed E-state index contributed by atoms with van der Waals surface area (Å²) in [6.45, 7) is 14.2. The van der Waals surface area contributed by atoms with Gasteiger partial charge in [0.1, 0.15) is 0 Å². The summed E-state index contributed by atoms with van der Waals surface area (Å²) in [5.74, 6) is 1.85. The van der Waals surface area contributed by atoms with E-state index in [1.807, 2.05) is 0 Å². The lowest BCUT2D eigenvalue weighted by atomic mass is 9.74. The van der Waals surface area contributed by atoms with Crippen molar-refractivity contribution in [1.82, 2.24) is 0 Å². The van der Waals surface area contributed by atoms with Gasteiger partial charge in [-0.2, -0.15) is 0 Å². The Hall–Kier alpha value is 0. The first-order valence-electron chi connectivity index (χ1n) is 6.46. The Bertz CT molecular complexity index is 135. The van der Waals surface area contributed by atoms with Gasteiger partial charge < -0.3 is 0 Å². The number of rotatable bonds is 7. The first kappa shape index (κ1) is 14.0. The van der Waals surface area contributed by atoms with Crippen molar-refractivity contribution in [3.8, 4) is 0 Å². The van der Waals surface area contributed by atoms with Gasteiger partial charge in [0.2, 0.25) is 0 Å². The Morgan fingerprint density at radius 1 is 1.07 bits per heavy atom. The fourth-order valence-electron chi connectivity index (χ4n) is 2.15. The quantitative estimate of drug-likeness (QED) is 0.522. The first-order valence-corrected chi connectivity index (χ1v) is 6.46. The van der Waals surface area contributed by atoms with Gasteiger partial charge in [-0.05, 0) is 23.7 Å². The second-order valence-corrected chi connectivity index (χ2v) is 5.66. The molecule has 0 aliphatic rings. The van der Waals surface area contributed by atoms with Crippen molar-refractivity contribution in [3.05, 3.63) is 0 Å². The molecule has 0 saturated heterocycles. The Balaban J connectivity index is 4.21. The van der Waals surface area contributed by atoms with E-state index in [1.54, 1.807) is 0 Å². The van der Waals surface area contributed by atoms with E-state index in [9.17, 15) is 0 Å². The Morgan fingerprint density at radius 2 is 1.64 bits per heavy atom. The SMILES string of the molecule is CCCC(CC(C)(C)CC)C(C)CC. The normalized spacial score (nSPS) is 16.7. The summed E-state index contributed by atoms with van der Waals surface area (Å²) in [7, 11) is 0. The standard InChI is InChI=1S/C14H30/c1-7-10-13(12(4)8-2)11-14(5,6)9-3/h12-13H,7-11H2,1-6H3. The van der Waals surface area contributed by atoms with Crippen molar-refractivity contribution in [2.24, 2.45) is 17.3 Å². The molecule has 0 nitrogen and oxygen atoms in total. The summed E-state index contributed by atoms with van der Waals surface area (Å²) in [5, 5.41) is 0. The van der Waals surface area contributed by atoms with Crippen LogP contribution in [0.15, 0.2) is 0 Å². The van der Waals surface area contributed by atoms with E-state index in [-0.39, 0.29) is 0 Å². The molecule has 0 radical (unpaired) electrons. The van der Waals surface area contributed by atoms with E-state index < -0.39 is 0 Å². The topological polar surface area (TPSA) is 0 Å². The molecule has 0 amide bonds. The summed E-state index contributed by atoms with van der Waals surface area (Å²) in [6, 6.07) is 0. The molecule has 14 heavy (non-hydrogen) atoms. The number of hydrogen-bond donors (Lipinski definition) is 0. The highest BCUT2D eigenvalue weighted by Crippen LogP contribution is 2.35. The van der Waals surface area contributed by atoms with Crippen molar-refractivity contribution in [1.29, 1.82) is 0 Å². The highest BCUT2D eigenvalue weighted by Gasteiger charge is 2.24. The summed E-state index contributed by atoms with van der Waals surface area (Å²) in [5.41, 5.74) is 0.545.